The van der Waals surface area contributed by atoms with Gasteiger partial charge in [-0.15, -0.1) is 11.3 Å². The average Bonchev–Trinajstić information content (AvgIpc) is 2.78. The molecule has 1 aliphatic heterocycles. The van der Waals surface area contributed by atoms with Crippen molar-refractivity contribution in [3.05, 3.63) is 16.3 Å². The van der Waals surface area contributed by atoms with Gasteiger partial charge in [-0.05, 0) is 44.6 Å². The molecule has 2 unspecified atom stereocenters. The summed E-state index contributed by atoms with van der Waals surface area (Å²) in [5.41, 5.74) is 1.20. The summed E-state index contributed by atoms with van der Waals surface area (Å²) >= 11 is 1.68. The number of rotatable bonds is 3. The van der Waals surface area contributed by atoms with Crippen LogP contribution in [0.5, 0.6) is 0 Å². The SMILES string of the molecule is Cc1nc(NCC(=O)N2CC(C)CC(C)C2)c2c(C)c(C)sc2n1. The monoisotopic (exact) mass is 346 g/mol. The first kappa shape index (κ1) is 17.1. The summed E-state index contributed by atoms with van der Waals surface area (Å²) in [6.45, 7) is 12.5. The average molecular weight is 347 g/mol. The molecule has 1 amide bonds. The molecule has 3 heterocycles. The molecule has 1 aliphatic rings. The number of anilines is 1. The van der Waals surface area contributed by atoms with E-state index < -0.39 is 0 Å². The van der Waals surface area contributed by atoms with Crippen molar-refractivity contribution >= 4 is 33.3 Å². The molecule has 0 spiro atoms. The Morgan fingerprint density at radius 3 is 2.54 bits per heavy atom. The van der Waals surface area contributed by atoms with Crippen molar-refractivity contribution in [1.29, 1.82) is 0 Å². The number of hydrogen-bond donors (Lipinski definition) is 1. The summed E-state index contributed by atoms with van der Waals surface area (Å²) in [7, 11) is 0. The number of likely N-dealkylation sites (tertiary alicyclic amines) is 1. The Labute approximate surface area is 147 Å². The van der Waals surface area contributed by atoms with Gasteiger partial charge in [-0.2, -0.15) is 0 Å². The summed E-state index contributed by atoms with van der Waals surface area (Å²) in [6.07, 6.45) is 1.20. The Morgan fingerprint density at radius 1 is 1.21 bits per heavy atom. The van der Waals surface area contributed by atoms with E-state index in [2.05, 4.69) is 43.0 Å². The van der Waals surface area contributed by atoms with Gasteiger partial charge in [-0.25, -0.2) is 9.97 Å². The number of thiophene rings is 1. The minimum Gasteiger partial charge on any atom is -0.360 e. The van der Waals surface area contributed by atoms with Crippen molar-refractivity contribution in [2.45, 2.75) is 41.0 Å². The molecule has 0 bridgehead atoms. The van der Waals surface area contributed by atoms with E-state index >= 15 is 0 Å². The first-order valence-electron chi connectivity index (χ1n) is 8.61. The fraction of sp³-hybridized carbons (Fsp3) is 0.611. The number of amides is 1. The Bertz CT molecular complexity index is 760. The molecule has 1 N–H and O–H groups in total. The number of fused-ring (bicyclic) bond motifs is 1. The first-order valence-corrected chi connectivity index (χ1v) is 9.42. The third-order valence-electron chi connectivity index (χ3n) is 4.77. The fourth-order valence-electron chi connectivity index (χ4n) is 3.62. The van der Waals surface area contributed by atoms with Gasteiger partial charge in [0, 0.05) is 18.0 Å². The minimum absolute atomic E-state index is 0.155. The largest absolute Gasteiger partial charge is 0.360 e. The van der Waals surface area contributed by atoms with Crippen LogP contribution >= 0.6 is 11.3 Å². The highest BCUT2D eigenvalue weighted by Crippen LogP contribution is 2.33. The maximum absolute atomic E-state index is 12.6. The lowest BCUT2D eigenvalue weighted by molar-refractivity contribution is -0.131. The van der Waals surface area contributed by atoms with E-state index in [4.69, 9.17) is 0 Å². The van der Waals surface area contributed by atoms with Crippen LogP contribution in [0.2, 0.25) is 0 Å². The van der Waals surface area contributed by atoms with Crippen LogP contribution < -0.4 is 5.32 Å². The first-order chi connectivity index (χ1) is 11.3. The molecule has 6 heteroatoms. The van der Waals surface area contributed by atoms with E-state index in [0.29, 0.717) is 18.4 Å². The van der Waals surface area contributed by atoms with Crippen molar-refractivity contribution in [2.75, 3.05) is 25.0 Å². The molecule has 0 saturated carbocycles. The molecule has 1 saturated heterocycles. The Morgan fingerprint density at radius 2 is 1.88 bits per heavy atom. The zero-order valence-corrected chi connectivity index (χ0v) is 16.0. The maximum Gasteiger partial charge on any atom is 0.241 e. The quantitative estimate of drug-likeness (QED) is 0.923. The molecule has 3 rings (SSSR count). The van der Waals surface area contributed by atoms with Crippen LogP contribution in [0, 0.1) is 32.6 Å². The molecule has 2 atom stereocenters. The molecule has 24 heavy (non-hydrogen) atoms. The number of piperidine rings is 1. The second-order valence-electron chi connectivity index (χ2n) is 7.18. The lowest BCUT2D eigenvalue weighted by atomic mass is 9.92. The van der Waals surface area contributed by atoms with Gasteiger partial charge in [0.1, 0.15) is 16.5 Å². The normalized spacial score (nSPS) is 21.3. The Balaban J connectivity index is 1.77. The smallest absolute Gasteiger partial charge is 0.241 e. The number of aromatic nitrogens is 2. The highest BCUT2D eigenvalue weighted by atomic mass is 32.1. The van der Waals surface area contributed by atoms with E-state index in [9.17, 15) is 4.79 Å². The third-order valence-corrected chi connectivity index (χ3v) is 5.87. The summed E-state index contributed by atoms with van der Waals surface area (Å²) < 4.78 is 0. The van der Waals surface area contributed by atoms with Crippen molar-refractivity contribution in [3.8, 4) is 0 Å². The van der Waals surface area contributed by atoms with Crippen molar-refractivity contribution in [3.63, 3.8) is 0 Å². The van der Waals surface area contributed by atoms with Gasteiger partial charge in [0.05, 0.1) is 11.9 Å². The molecule has 5 nitrogen and oxygen atoms in total. The van der Waals surface area contributed by atoms with E-state index in [0.717, 1.165) is 34.9 Å². The predicted octanol–water partition coefficient (Wildman–Crippen LogP) is 3.53. The van der Waals surface area contributed by atoms with Crippen molar-refractivity contribution in [2.24, 2.45) is 11.8 Å². The van der Waals surface area contributed by atoms with Crippen LogP contribution in [-0.2, 0) is 4.79 Å². The van der Waals surface area contributed by atoms with Gasteiger partial charge in [-0.1, -0.05) is 13.8 Å². The van der Waals surface area contributed by atoms with Crippen LogP contribution in [0.25, 0.3) is 10.2 Å². The fourth-order valence-corrected chi connectivity index (χ4v) is 4.70. The van der Waals surface area contributed by atoms with Gasteiger partial charge in [0.2, 0.25) is 5.91 Å². The number of carbonyl (C=O) groups is 1. The molecule has 0 radical (unpaired) electrons. The third kappa shape index (κ3) is 3.38. The second kappa shape index (κ2) is 6.67. The van der Waals surface area contributed by atoms with Crippen molar-refractivity contribution in [1.82, 2.24) is 14.9 Å². The van der Waals surface area contributed by atoms with E-state index in [1.807, 2.05) is 11.8 Å². The van der Waals surface area contributed by atoms with Gasteiger partial charge in [-0.3, -0.25) is 4.79 Å². The number of hydrogen-bond acceptors (Lipinski definition) is 5. The van der Waals surface area contributed by atoms with Crippen LogP contribution in [0.3, 0.4) is 0 Å². The van der Waals surface area contributed by atoms with E-state index in [1.54, 1.807) is 11.3 Å². The van der Waals surface area contributed by atoms with Gasteiger partial charge in [0.15, 0.2) is 0 Å². The number of nitrogens with zero attached hydrogens (tertiary/aromatic N) is 3. The van der Waals surface area contributed by atoms with Crippen LogP contribution in [0.4, 0.5) is 5.82 Å². The summed E-state index contributed by atoms with van der Waals surface area (Å²) in [5.74, 6) is 2.83. The molecular formula is C18H26N4OS. The number of carbonyl (C=O) groups excluding carboxylic acids is 1. The van der Waals surface area contributed by atoms with Crippen LogP contribution in [-0.4, -0.2) is 40.4 Å². The van der Waals surface area contributed by atoms with Gasteiger partial charge >= 0.3 is 0 Å². The minimum atomic E-state index is 0.155. The molecule has 2 aromatic heterocycles. The lowest BCUT2D eigenvalue weighted by Gasteiger charge is -2.35. The molecule has 1 fully saturated rings. The van der Waals surface area contributed by atoms with E-state index in [1.165, 1.54) is 16.9 Å². The molecule has 130 valence electrons. The summed E-state index contributed by atoms with van der Waals surface area (Å²) in [4.78, 5) is 25.9. The summed E-state index contributed by atoms with van der Waals surface area (Å²) in [6, 6.07) is 0. The zero-order chi connectivity index (χ0) is 17.4. The zero-order valence-electron chi connectivity index (χ0n) is 15.1. The second-order valence-corrected chi connectivity index (χ2v) is 8.38. The Hall–Kier alpha value is -1.69. The van der Waals surface area contributed by atoms with Crippen LogP contribution in [0.15, 0.2) is 0 Å². The summed E-state index contributed by atoms with van der Waals surface area (Å²) in [5, 5.41) is 4.33. The highest BCUT2D eigenvalue weighted by molar-refractivity contribution is 7.18. The molecular weight excluding hydrogens is 320 g/mol. The number of nitrogens with one attached hydrogen (secondary N) is 1. The Kier molecular flexibility index (Phi) is 4.76. The highest BCUT2D eigenvalue weighted by Gasteiger charge is 2.25. The molecule has 2 aromatic rings. The van der Waals surface area contributed by atoms with Crippen LogP contribution in [0.1, 0.15) is 36.5 Å². The molecule has 0 aromatic carbocycles. The standard InChI is InChI=1S/C18H26N4OS/c1-10-6-11(2)9-22(8-10)15(23)7-19-17-16-12(3)13(4)24-18(16)21-14(5)20-17/h10-11H,6-9H2,1-5H3,(H,19,20,21). The molecule has 0 aliphatic carbocycles. The van der Waals surface area contributed by atoms with Gasteiger partial charge in [0.25, 0.3) is 0 Å². The van der Waals surface area contributed by atoms with E-state index in [-0.39, 0.29) is 5.91 Å². The predicted molar refractivity (Wildman–Crippen MR) is 99.6 cm³/mol. The van der Waals surface area contributed by atoms with Crippen molar-refractivity contribution < 1.29 is 4.79 Å². The lowest BCUT2D eigenvalue weighted by Crippen LogP contribution is -2.44. The topological polar surface area (TPSA) is 58.1 Å². The maximum atomic E-state index is 12.6. The number of aryl methyl sites for hydroxylation is 3. The van der Waals surface area contributed by atoms with Gasteiger partial charge < -0.3 is 10.2 Å².